The van der Waals surface area contributed by atoms with Crippen LogP contribution in [0.25, 0.3) is 0 Å². The Kier molecular flexibility index (Phi) is 3.15. The maximum Gasteiger partial charge on any atom is 0.409 e. The van der Waals surface area contributed by atoms with E-state index in [1.54, 1.807) is 13.8 Å². The van der Waals surface area contributed by atoms with Crippen LogP contribution in [0.15, 0.2) is 0 Å². The van der Waals surface area contributed by atoms with E-state index < -0.39 is 12.2 Å². The molecule has 1 heterocycles. The Morgan fingerprint density at radius 3 is 2.13 bits per heavy atom. The Labute approximate surface area is 89.5 Å². The molecule has 1 aromatic heterocycles. The van der Waals surface area contributed by atoms with Gasteiger partial charge in [-0.15, -0.1) is 11.3 Å². The monoisotopic (exact) mass is 230 g/mol. The van der Waals surface area contributed by atoms with E-state index in [0.717, 1.165) is 10.4 Å². The molecule has 2 amide bonds. The summed E-state index contributed by atoms with van der Waals surface area (Å²) >= 11 is 1.19. The van der Waals surface area contributed by atoms with Crippen LogP contribution in [0.2, 0.25) is 0 Å². The van der Waals surface area contributed by atoms with Crippen molar-refractivity contribution < 1.29 is 19.8 Å². The molecule has 0 unspecified atom stereocenters. The van der Waals surface area contributed by atoms with E-state index in [9.17, 15) is 9.59 Å². The lowest BCUT2D eigenvalue weighted by molar-refractivity contribution is 0.208. The van der Waals surface area contributed by atoms with Crippen molar-refractivity contribution in [1.29, 1.82) is 0 Å². The van der Waals surface area contributed by atoms with E-state index in [0.29, 0.717) is 10.7 Å². The van der Waals surface area contributed by atoms with E-state index >= 15 is 0 Å². The molecule has 0 fully saturated rings. The van der Waals surface area contributed by atoms with E-state index in [1.165, 1.54) is 11.3 Å². The van der Waals surface area contributed by atoms with Gasteiger partial charge in [-0.2, -0.15) is 0 Å². The minimum absolute atomic E-state index is 0.292. The van der Waals surface area contributed by atoms with Gasteiger partial charge in [-0.3, -0.25) is 10.6 Å². The third-order valence-electron chi connectivity index (χ3n) is 1.84. The van der Waals surface area contributed by atoms with Gasteiger partial charge in [0.15, 0.2) is 0 Å². The number of aryl methyl sites for hydroxylation is 1. The topological polar surface area (TPSA) is 98.7 Å². The van der Waals surface area contributed by atoms with E-state index in [2.05, 4.69) is 10.6 Å². The smallest absolute Gasteiger partial charge is 0.409 e. The summed E-state index contributed by atoms with van der Waals surface area (Å²) < 4.78 is 0. The van der Waals surface area contributed by atoms with Gasteiger partial charge in [0.2, 0.25) is 0 Å². The number of carbonyl (C=O) groups is 2. The number of rotatable bonds is 2. The number of nitrogens with one attached hydrogen (secondary N) is 2. The molecule has 4 N–H and O–H groups in total. The number of hydrogen-bond acceptors (Lipinski definition) is 3. The molecule has 1 rings (SSSR count). The van der Waals surface area contributed by atoms with Crippen molar-refractivity contribution in [2.45, 2.75) is 13.8 Å². The third kappa shape index (κ3) is 2.59. The van der Waals surface area contributed by atoms with Crippen molar-refractivity contribution in [2.24, 2.45) is 0 Å². The highest BCUT2D eigenvalue weighted by molar-refractivity contribution is 7.17. The maximum atomic E-state index is 10.5. The van der Waals surface area contributed by atoms with Crippen LogP contribution in [-0.2, 0) is 0 Å². The van der Waals surface area contributed by atoms with E-state index in [-0.39, 0.29) is 0 Å². The summed E-state index contributed by atoms with van der Waals surface area (Å²) in [6, 6.07) is 0. The summed E-state index contributed by atoms with van der Waals surface area (Å²) in [7, 11) is 0. The number of amides is 2. The van der Waals surface area contributed by atoms with Crippen molar-refractivity contribution in [3.05, 3.63) is 10.4 Å². The first kappa shape index (κ1) is 11.3. The van der Waals surface area contributed by atoms with Crippen LogP contribution in [0, 0.1) is 13.8 Å². The summed E-state index contributed by atoms with van der Waals surface area (Å²) in [5.74, 6) is 0. The Hall–Kier alpha value is -1.76. The van der Waals surface area contributed by atoms with Crippen molar-refractivity contribution in [3.8, 4) is 0 Å². The molecule has 0 aliphatic carbocycles. The number of thiophene rings is 1. The quantitative estimate of drug-likeness (QED) is 0.627. The highest BCUT2D eigenvalue weighted by Crippen LogP contribution is 2.37. The van der Waals surface area contributed by atoms with Crippen LogP contribution in [-0.4, -0.2) is 22.4 Å². The maximum absolute atomic E-state index is 10.5. The summed E-state index contributed by atoms with van der Waals surface area (Å²) in [4.78, 5) is 21.8. The normalized spacial score (nSPS) is 9.73. The number of anilines is 2. The zero-order chi connectivity index (χ0) is 11.6. The molecule has 0 spiro atoms. The summed E-state index contributed by atoms with van der Waals surface area (Å²) in [5, 5.41) is 21.7. The molecule has 7 heteroatoms. The van der Waals surface area contributed by atoms with Gasteiger partial charge in [-0.05, 0) is 19.4 Å². The lowest BCUT2D eigenvalue weighted by atomic mass is 10.2. The van der Waals surface area contributed by atoms with E-state index in [1.807, 2.05) is 0 Å². The Bertz CT molecular complexity index is 413. The summed E-state index contributed by atoms with van der Waals surface area (Å²) in [6.07, 6.45) is -2.44. The lowest BCUT2D eigenvalue weighted by Crippen LogP contribution is -2.12. The second-order valence-corrected chi connectivity index (χ2v) is 4.07. The van der Waals surface area contributed by atoms with Crippen molar-refractivity contribution in [1.82, 2.24) is 0 Å². The van der Waals surface area contributed by atoms with Gasteiger partial charge in [-0.1, -0.05) is 0 Å². The largest absolute Gasteiger partial charge is 0.465 e. The second-order valence-electron chi connectivity index (χ2n) is 2.85. The molecule has 0 aliphatic rings. The summed E-state index contributed by atoms with van der Waals surface area (Å²) in [6.45, 7) is 3.52. The van der Waals surface area contributed by atoms with Crippen LogP contribution < -0.4 is 10.6 Å². The van der Waals surface area contributed by atoms with Crippen LogP contribution in [0.4, 0.5) is 20.3 Å². The average molecular weight is 230 g/mol. The Balaban J connectivity index is 3.08. The molecule has 0 saturated heterocycles. The average Bonchev–Trinajstić information content (AvgIpc) is 2.31. The predicted octanol–water partition coefficient (Wildman–Crippen LogP) is 2.54. The molecular weight excluding hydrogens is 220 g/mol. The number of carboxylic acid groups (broad SMARTS) is 2. The van der Waals surface area contributed by atoms with Gasteiger partial charge >= 0.3 is 12.2 Å². The first-order valence-corrected chi connectivity index (χ1v) is 4.83. The van der Waals surface area contributed by atoms with Gasteiger partial charge in [0.25, 0.3) is 0 Å². The van der Waals surface area contributed by atoms with Gasteiger partial charge in [0.05, 0.1) is 5.69 Å². The van der Waals surface area contributed by atoms with Crippen molar-refractivity contribution in [3.63, 3.8) is 0 Å². The van der Waals surface area contributed by atoms with Crippen LogP contribution in [0.3, 0.4) is 0 Å². The SMILES string of the molecule is Cc1sc(NC(=O)O)c(NC(=O)O)c1C. The predicted molar refractivity (Wildman–Crippen MR) is 57.1 cm³/mol. The van der Waals surface area contributed by atoms with Gasteiger partial charge in [-0.25, -0.2) is 9.59 Å². The fourth-order valence-corrected chi connectivity index (χ4v) is 2.08. The molecule has 0 aliphatic heterocycles. The minimum atomic E-state index is -1.22. The molecule has 1 aromatic rings. The summed E-state index contributed by atoms with van der Waals surface area (Å²) in [5.41, 5.74) is 1.03. The molecule has 0 radical (unpaired) electrons. The molecule has 0 aromatic carbocycles. The second kappa shape index (κ2) is 4.18. The number of hydrogen-bond donors (Lipinski definition) is 4. The Morgan fingerprint density at radius 2 is 1.67 bits per heavy atom. The third-order valence-corrected chi connectivity index (χ3v) is 2.96. The van der Waals surface area contributed by atoms with Crippen LogP contribution in [0.1, 0.15) is 10.4 Å². The van der Waals surface area contributed by atoms with Crippen LogP contribution >= 0.6 is 11.3 Å². The molecule has 82 valence electrons. The highest BCUT2D eigenvalue weighted by Gasteiger charge is 2.15. The Morgan fingerprint density at radius 1 is 1.13 bits per heavy atom. The first-order valence-electron chi connectivity index (χ1n) is 4.01. The fraction of sp³-hybridized carbons (Fsp3) is 0.250. The van der Waals surface area contributed by atoms with Gasteiger partial charge in [0.1, 0.15) is 5.00 Å². The zero-order valence-electron chi connectivity index (χ0n) is 8.12. The molecule has 0 saturated carbocycles. The first-order chi connectivity index (χ1) is 6.91. The van der Waals surface area contributed by atoms with Crippen molar-refractivity contribution in [2.75, 3.05) is 10.6 Å². The molecule has 6 nitrogen and oxygen atoms in total. The van der Waals surface area contributed by atoms with Gasteiger partial charge in [0, 0.05) is 4.88 Å². The molecule has 0 atom stereocenters. The lowest BCUT2D eigenvalue weighted by Gasteiger charge is -2.03. The minimum Gasteiger partial charge on any atom is -0.465 e. The van der Waals surface area contributed by atoms with Crippen LogP contribution in [0.5, 0.6) is 0 Å². The molecular formula is C8H10N2O4S. The standard InChI is InChI=1S/C8H10N2O4S/c1-3-4(2)15-6(10-8(13)14)5(3)9-7(11)12/h9-10H,1-2H3,(H,11,12)(H,13,14). The fourth-order valence-electron chi connectivity index (χ4n) is 1.07. The highest BCUT2D eigenvalue weighted by atomic mass is 32.1. The zero-order valence-corrected chi connectivity index (χ0v) is 8.94. The molecule has 0 bridgehead atoms. The van der Waals surface area contributed by atoms with Gasteiger partial charge < -0.3 is 10.2 Å². The van der Waals surface area contributed by atoms with E-state index in [4.69, 9.17) is 10.2 Å². The molecule has 15 heavy (non-hydrogen) atoms. The van der Waals surface area contributed by atoms with Crippen molar-refractivity contribution >= 4 is 34.2 Å².